The molecule has 2 unspecified atom stereocenters. The van der Waals surface area contributed by atoms with Crippen LogP contribution in [0.15, 0.2) is 0 Å². The Morgan fingerprint density at radius 1 is 1.50 bits per heavy atom. The number of rotatable bonds is 3. The van der Waals surface area contributed by atoms with E-state index in [9.17, 15) is 0 Å². The molecule has 0 radical (unpaired) electrons. The molecule has 3 heteroatoms. The number of nitrogens with zero attached hydrogens (tertiary/aromatic N) is 1. The third-order valence-corrected chi connectivity index (χ3v) is 3.76. The molecule has 14 heavy (non-hydrogen) atoms. The molecule has 2 atom stereocenters. The second-order valence-corrected chi connectivity index (χ2v) is 4.73. The summed E-state index contributed by atoms with van der Waals surface area (Å²) in [4.78, 5) is 2.66. The lowest BCUT2D eigenvalue weighted by molar-refractivity contribution is 0.0727. The van der Waals surface area contributed by atoms with E-state index in [1.807, 2.05) is 7.05 Å². The van der Waals surface area contributed by atoms with Crippen LogP contribution in [0, 0.1) is 0 Å². The largest absolute Gasteiger partial charge is 0.379 e. The fourth-order valence-electron chi connectivity index (χ4n) is 3.07. The van der Waals surface area contributed by atoms with E-state index >= 15 is 0 Å². The van der Waals surface area contributed by atoms with Crippen LogP contribution in [0.4, 0.5) is 0 Å². The first-order valence-electron chi connectivity index (χ1n) is 5.78. The van der Waals surface area contributed by atoms with Crippen LogP contribution >= 0.6 is 0 Å². The highest BCUT2D eigenvalue weighted by atomic mass is 16.5. The molecule has 0 aromatic heterocycles. The van der Waals surface area contributed by atoms with Crippen molar-refractivity contribution in [1.82, 2.24) is 10.2 Å². The summed E-state index contributed by atoms with van der Waals surface area (Å²) in [5, 5.41) is 3.27. The van der Waals surface area contributed by atoms with Gasteiger partial charge in [0.05, 0.1) is 6.61 Å². The number of ether oxygens (including phenoxy) is 1. The van der Waals surface area contributed by atoms with E-state index in [-0.39, 0.29) is 0 Å². The summed E-state index contributed by atoms with van der Waals surface area (Å²) >= 11 is 0. The molecule has 2 rings (SSSR count). The van der Waals surface area contributed by atoms with Crippen molar-refractivity contribution in [2.24, 2.45) is 0 Å². The van der Waals surface area contributed by atoms with Crippen molar-refractivity contribution in [1.29, 1.82) is 0 Å². The Balaban J connectivity index is 2.02. The van der Waals surface area contributed by atoms with Gasteiger partial charge in [0.1, 0.15) is 0 Å². The molecule has 0 aromatic carbocycles. The Kier molecular flexibility index (Phi) is 3.10. The molecule has 82 valence electrons. The van der Waals surface area contributed by atoms with Gasteiger partial charge in [0.25, 0.3) is 0 Å². The van der Waals surface area contributed by atoms with Crippen molar-refractivity contribution in [2.45, 2.75) is 37.8 Å². The first kappa shape index (κ1) is 10.4. The van der Waals surface area contributed by atoms with E-state index in [0.717, 1.165) is 19.8 Å². The Bertz CT molecular complexity index is 184. The molecule has 2 aliphatic heterocycles. The van der Waals surface area contributed by atoms with Crippen LogP contribution in [-0.4, -0.2) is 49.8 Å². The molecule has 0 amide bonds. The fourth-order valence-corrected chi connectivity index (χ4v) is 3.07. The van der Waals surface area contributed by atoms with E-state index in [1.54, 1.807) is 0 Å². The first-order chi connectivity index (χ1) is 6.78. The van der Waals surface area contributed by atoms with Gasteiger partial charge in [0.15, 0.2) is 0 Å². The van der Waals surface area contributed by atoms with E-state index in [0.29, 0.717) is 11.6 Å². The van der Waals surface area contributed by atoms with E-state index < -0.39 is 0 Å². The van der Waals surface area contributed by atoms with Crippen molar-refractivity contribution in [2.75, 3.05) is 33.4 Å². The summed E-state index contributed by atoms with van der Waals surface area (Å²) < 4.78 is 5.58. The average molecular weight is 198 g/mol. The van der Waals surface area contributed by atoms with Crippen LogP contribution in [0.25, 0.3) is 0 Å². The highest BCUT2D eigenvalue weighted by Gasteiger charge is 2.45. The molecular formula is C11H22N2O. The molecular weight excluding hydrogens is 176 g/mol. The zero-order chi connectivity index (χ0) is 10.0. The number of hydrogen-bond donors (Lipinski definition) is 1. The summed E-state index contributed by atoms with van der Waals surface area (Å²) in [6.07, 6.45) is 3.92. The molecule has 0 bridgehead atoms. The normalized spacial score (nSPS) is 35.6. The van der Waals surface area contributed by atoms with Crippen molar-refractivity contribution >= 4 is 0 Å². The minimum Gasteiger partial charge on any atom is -0.379 e. The predicted molar refractivity (Wildman–Crippen MR) is 57.5 cm³/mol. The molecule has 3 nitrogen and oxygen atoms in total. The summed E-state index contributed by atoms with van der Waals surface area (Å²) in [6.45, 7) is 6.58. The fraction of sp³-hybridized carbons (Fsp3) is 1.00. The first-order valence-corrected chi connectivity index (χ1v) is 5.78. The summed E-state index contributed by atoms with van der Waals surface area (Å²) in [7, 11) is 2.03. The second-order valence-electron chi connectivity index (χ2n) is 4.73. The minimum atomic E-state index is 0.399. The van der Waals surface area contributed by atoms with Gasteiger partial charge in [-0.15, -0.1) is 0 Å². The van der Waals surface area contributed by atoms with E-state index in [4.69, 9.17) is 4.74 Å². The molecule has 2 saturated heterocycles. The number of hydrogen-bond acceptors (Lipinski definition) is 3. The van der Waals surface area contributed by atoms with Crippen LogP contribution in [0.5, 0.6) is 0 Å². The van der Waals surface area contributed by atoms with Crippen LogP contribution in [0.2, 0.25) is 0 Å². The second kappa shape index (κ2) is 4.17. The highest BCUT2D eigenvalue weighted by Crippen LogP contribution is 2.37. The molecule has 2 heterocycles. The van der Waals surface area contributed by atoms with Gasteiger partial charge in [-0.05, 0) is 39.8 Å². The highest BCUT2D eigenvalue weighted by molar-refractivity contribution is 5.00. The van der Waals surface area contributed by atoms with Crippen molar-refractivity contribution in [3.63, 3.8) is 0 Å². The topological polar surface area (TPSA) is 24.5 Å². The molecule has 0 aromatic rings. The Morgan fingerprint density at radius 2 is 2.36 bits per heavy atom. The third kappa shape index (κ3) is 1.69. The quantitative estimate of drug-likeness (QED) is 0.727. The van der Waals surface area contributed by atoms with Gasteiger partial charge in [0.2, 0.25) is 0 Å². The lowest BCUT2D eigenvalue weighted by Crippen LogP contribution is -2.51. The maximum atomic E-state index is 5.58. The standard InChI is InChI=1S/C11H22N2O/c1-10(8-12-2)13-6-3-4-11(13)5-7-14-9-11/h10,12H,3-9H2,1-2H3. The maximum Gasteiger partial charge on any atom is 0.0651 e. The molecule has 2 fully saturated rings. The van der Waals surface area contributed by atoms with Crippen LogP contribution < -0.4 is 5.32 Å². The Labute approximate surface area is 86.8 Å². The molecule has 0 saturated carbocycles. The van der Waals surface area contributed by atoms with Gasteiger partial charge in [-0.3, -0.25) is 4.90 Å². The number of nitrogens with one attached hydrogen (secondary N) is 1. The monoisotopic (exact) mass is 198 g/mol. The molecule has 2 aliphatic rings. The molecule has 1 N–H and O–H groups in total. The van der Waals surface area contributed by atoms with E-state index in [2.05, 4.69) is 17.1 Å². The van der Waals surface area contributed by atoms with Gasteiger partial charge in [-0.2, -0.15) is 0 Å². The zero-order valence-corrected chi connectivity index (χ0v) is 9.38. The predicted octanol–water partition coefficient (Wildman–Crippen LogP) is 0.849. The third-order valence-electron chi connectivity index (χ3n) is 3.76. The lowest BCUT2D eigenvalue weighted by Gasteiger charge is -2.38. The Morgan fingerprint density at radius 3 is 3.00 bits per heavy atom. The zero-order valence-electron chi connectivity index (χ0n) is 9.38. The summed E-state index contributed by atoms with van der Waals surface area (Å²) in [5.41, 5.74) is 0.399. The van der Waals surface area contributed by atoms with Crippen molar-refractivity contribution in [3.05, 3.63) is 0 Å². The molecule has 1 spiro atoms. The number of likely N-dealkylation sites (N-methyl/N-ethyl adjacent to an activating group) is 1. The smallest absolute Gasteiger partial charge is 0.0651 e. The lowest BCUT2D eigenvalue weighted by atomic mass is 9.94. The summed E-state index contributed by atoms with van der Waals surface area (Å²) in [6, 6.07) is 0.643. The summed E-state index contributed by atoms with van der Waals surface area (Å²) in [5.74, 6) is 0. The average Bonchev–Trinajstić information content (AvgIpc) is 2.78. The minimum absolute atomic E-state index is 0.399. The van der Waals surface area contributed by atoms with Crippen LogP contribution in [0.3, 0.4) is 0 Å². The van der Waals surface area contributed by atoms with Gasteiger partial charge < -0.3 is 10.1 Å². The number of likely N-dealkylation sites (tertiary alicyclic amines) is 1. The van der Waals surface area contributed by atoms with Crippen LogP contribution in [-0.2, 0) is 4.74 Å². The van der Waals surface area contributed by atoms with Gasteiger partial charge in [-0.1, -0.05) is 0 Å². The van der Waals surface area contributed by atoms with E-state index in [1.165, 1.54) is 25.8 Å². The van der Waals surface area contributed by atoms with Gasteiger partial charge in [-0.25, -0.2) is 0 Å². The van der Waals surface area contributed by atoms with Gasteiger partial charge in [0, 0.05) is 24.7 Å². The van der Waals surface area contributed by atoms with Crippen molar-refractivity contribution < 1.29 is 4.74 Å². The molecule has 0 aliphatic carbocycles. The maximum absolute atomic E-state index is 5.58. The van der Waals surface area contributed by atoms with Crippen molar-refractivity contribution in [3.8, 4) is 0 Å². The van der Waals surface area contributed by atoms with Crippen LogP contribution in [0.1, 0.15) is 26.2 Å². The van der Waals surface area contributed by atoms with Gasteiger partial charge >= 0.3 is 0 Å². The Hall–Kier alpha value is -0.120. The SMILES string of the molecule is CNCC(C)N1CCCC12CCOC2.